The molecule has 1 aromatic heterocycles. The Hall–Kier alpha value is -0.930. The number of hydrogen-bond donors (Lipinski definition) is 2. The smallest absolute Gasteiger partial charge is 0.0805 e. The van der Waals surface area contributed by atoms with Crippen LogP contribution in [0.5, 0.6) is 0 Å². The summed E-state index contributed by atoms with van der Waals surface area (Å²) in [6.45, 7) is 9.45. The van der Waals surface area contributed by atoms with Gasteiger partial charge >= 0.3 is 0 Å². The topological polar surface area (TPSA) is 53.4 Å². The predicted octanol–water partition coefficient (Wildman–Crippen LogP) is 6.16. The molecule has 0 aliphatic heterocycles. The second-order valence-electron chi connectivity index (χ2n) is 10.5. The number of aromatic nitrogens is 1. The number of hydrogen-bond acceptors (Lipinski definition) is 3. The molecule has 3 unspecified atom stereocenters. The molecule has 0 amide bonds. The molecule has 3 rings (SSSR count). The van der Waals surface area contributed by atoms with Gasteiger partial charge in [-0.2, -0.15) is 0 Å². The van der Waals surface area contributed by atoms with Crippen LogP contribution in [-0.4, -0.2) is 20.8 Å². The fourth-order valence-corrected chi connectivity index (χ4v) is 6.32. The van der Waals surface area contributed by atoms with E-state index in [1.54, 1.807) is 12.4 Å². The maximum absolute atomic E-state index is 10.9. The van der Waals surface area contributed by atoms with E-state index in [-0.39, 0.29) is 0 Å². The molecule has 164 valence electrons. The van der Waals surface area contributed by atoms with E-state index in [4.69, 9.17) is 0 Å². The highest BCUT2D eigenvalue weighted by Crippen LogP contribution is 2.51. The molecule has 2 N–H and O–H groups in total. The molecule has 0 bridgehead atoms. The highest BCUT2D eigenvalue weighted by Gasteiger charge is 2.45. The third-order valence-corrected chi connectivity index (χ3v) is 8.64. The predicted molar refractivity (Wildman–Crippen MR) is 119 cm³/mol. The zero-order valence-corrected chi connectivity index (χ0v) is 19.1. The van der Waals surface area contributed by atoms with Crippen LogP contribution < -0.4 is 0 Å². The second-order valence-corrected chi connectivity index (χ2v) is 10.5. The first-order chi connectivity index (χ1) is 13.8. The first-order valence-corrected chi connectivity index (χ1v) is 12.1. The van der Waals surface area contributed by atoms with Crippen LogP contribution in [0.15, 0.2) is 24.5 Å². The van der Waals surface area contributed by atoms with Gasteiger partial charge in [0.2, 0.25) is 0 Å². The molecular weight excluding hydrogens is 358 g/mol. The van der Waals surface area contributed by atoms with Crippen LogP contribution in [0.3, 0.4) is 0 Å². The van der Waals surface area contributed by atoms with Gasteiger partial charge in [0, 0.05) is 12.4 Å². The Balaban J connectivity index is 1.62. The minimum atomic E-state index is -0.415. The highest BCUT2D eigenvalue weighted by atomic mass is 16.3. The van der Waals surface area contributed by atoms with Gasteiger partial charge in [-0.3, -0.25) is 4.98 Å². The molecule has 1 heterocycles. The summed E-state index contributed by atoms with van der Waals surface area (Å²) in [6.07, 6.45) is 13.0. The molecule has 1 aromatic rings. The van der Waals surface area contributed by atoms with Crippen molar-refractivity contribution in [3.8, 4) is 0 Å². The van der Waals surface area contributed by atoms with Crippen LogP contribution in [0, 0.1) is 35.5 Å². The van der Waals surface area contributed by atoms with Crippen molar-refractivity contribution in [2.24, 2.45) is 35.5 Å². The quantitative estimate of drug-likeness (QED) is 0.575. The lowest BCUT2D eigenvalue weighted by Crippen LogP contribution is -2.41. The lowest BCUT2D eigenvalue weighted by atomic mass is 9.62. The first kappa shape index (κ1) is 22.7. The maximum Gasteiger partial charge on any atom is 0.0805 e. The van der Waals surface area contributed by atoms with E-state index in [1.807, 2.05) is 12.1 Å². The zero-order valence-electron chi connectivity index (χ0n) is 19.1. The number of pyridine rings is 1. The summed E-state index contributed by atoms with van der Waals surface area (Å²) in [5, 5.41) is 21.5. The van der Waals surface area contributed by atoms with Crippen molar-refractivity contribution in [2.45, 2.75) is 97.2 Å². The molecule has 0 saturated heterocycles. The fourth-order valence-electron chi connectivity index (χ4n) is 6.32. The van der Waals surface area contributed by atoms with Crippen molar-refractivity contribution in [3.05, 3.63) is 30.1 Å². The minimum absolute atomic E-state index is 0.404. The molecule has 0 radical (unpaired) electrons. The third kappa shape index (κ3) is 5.61. The molecule has 29 heavy (non-hydrogen) atoms. The minimum Gasteiger partial charge on any atom is -0.390 e. The molecule has 2 aliphatic carbocycles. The normalized spacial score (nSPS) is 37.4. The number of aliphatic hydroxyl groups is 2. The van der Waals surface area contributed by atoms with E-state index < -0.39 is 11.7 Å². The standard InChI is InChI=1S/C26H43NO2/c1-5-26(29)13-12-23-21(16-26)10-9-19(3)20(4)24(23)15-18(2)8-11-25(28)22-7-6-14-27-17-22/h6-7,14,17-21,23-25,28-29H,5,8-13,15-16H2,1-4H3/t18-,19?,20-,21+,23+,24?,25?,26+/m1/s1. The van der Waals surface area contributed by atoms with Gasteiger partial charge in [0.05, 0.1) is 11.7 Å². The maximum atomic E-state index is 10.9. The largest absolute Gasteiger partial charge is 0.390 e. The number of nitrogens with zero attached hydrogens (tertiary/aromatic N) is 1. The van der Waals surface area contributed by atoms with Gasteiger partial charge in [0.15, 0.2) is 0 Å². The van der Waals surface area contributed by atoms with Crippen LogP contribution in [0.1, 0.15) is 97.1 Å². The van der Waals surface area contributed by atoms with E-state index in [0.29, 0.717) is 11.8 Å². The van der Waals surface area contributed by atoms with Crippen LogP contribution in [-0.2, 0) is 0 Å². The Bertz CT molecular complexity index is 620. The number of rotatable bonds is 7. The molecule has 3 heteroatoms. The van der Waals surface area contributed by atoms with Gasteiger partial charge in [0.1, 0.15) is 0 Å². The summed E-state index contributed by atoms with van der Waals surface area (Å²) >= 11 is 0. The Morgan fingerprint density at radius 2 is 2.00 bits per heavy atom. The van der Waals surface area contributed by atoms with Crippen molar-refractivity contribution >= 4 is 0 Å². The van der Waals surface area contributed by atoms with Gasteiger partial charge in [-0.05, 0) is 98.5 Å². The van der Waals surface area contributed by atoms with Crippen molar-refractivity contribution in [1.29, 1.82) is 0 Å². The Morgan fingerprint density at radius 3 is 2.69 bits per heavy atom. The Labute approximate surface area is 178 Å². The van der Waals surface area contributed by atoms with E-state index in [2.05, 4.69) is 32.7 Å². The summed E-state index contributed by atoms with van der Waals surface area (Å²) in [7, 11) is 0. The zero-order chi connectivity index (χ0) is 21.0. The second kappa shape index (κ2) is 9.92. The highest BCUT2D eigenvalue weighted by molar-refractivity contribution is 5.11. The van der Waals surface area contributed by atoms with Gasteiger partial charge in [0.25, 0.3) is 0 Å². The average molecular weight is 402 g/mol. The molecule has 8 atom stereocenters. The molecule has 2 fully saturated rings. The van der Waals surface area contributed by atoms with Gasteiger partial charge in [-0.1, -0.05) is 40.2 Å². The summed E-state index contributed by atoms with van der Waals surface area (Å²) in [6, 6.07) is 3.87. The third-order valence-electron chi connectivity index (χ3n) is 8.64. The number of aliphatic hydroxyl groups excluding tert-OH is 1. The van der Waals surface area contributed by atoms with Crippen LogP contribution in [0.4, 0.5) is 0 Å². The summed E-state index contributed by atoms with van der Waals surface area (Å²) in [5.41, 5.74) is 0.518. The number of fused-ring (bicyclic) bond motifs is 1. The van der Waals surface area contributed by atoms with Crippen molar-refractivity contribution in [1.82, 2.24) is 4.98 Å². The lowest BCUT2D eigenvalue weighted by molar-refractivity contribution is -0.0539. The monoisotopic (exact) mass is 401 g/mol. The summed E-state index contributed by atoms with van der Waals surface area (Å²) < 4.78 is 0. The first-order valence-electron chi connectivity index (χ1n) is 12.1. The fraction of sp³-hybridized carbons (Fsp3) is 0.808. The van der Waals surface area contributed by atoms with E-state index in [0.717, 1.165) is 61.3 Å². The van der Waals surface area contributed by atoms with Crippen LogP contribution in [0.2, 0.25) is 0 Å². The van der Waals surface area contributed by atoms with E-state index >= 15 is 0 Å². The van der Waals surface area contributed by atoms with Crippen molar-refractivity contribution < 1.29 is 10.2 Å². The SMILES string of the molecule is CC[C@]1(O)CC[C@@H]2C(C[C@H](C)CCC(O)c3cccnc3)[C@H](C)C(C)CC[C@H]2C1. The molecule has 0 aromatic carbocycles. The summed E-state index contributed by atoms with van der Waals surface area (Å²) in [4.78, 5) is 4.14. The van der Waals surface area contributed by atoms with Crippen molar-refractivity contribution in [3.63, 3.8) is 0 Å². The molecule has 3 nitrogen and oxygen atoms in total. The van der Waals surface area contributed by atoms with Crippen LogP contribution >= 0.6 is 0 Å². The van der Waals surface area contributed by atoms with E-state index in [9.17, 15) is 10.2 Å². The lowest BCUT2D eigenvalue weighted by Gasteiger charge is -2.45. The molecule has 2 saturated carbocycles. The van der Waals surface area contributed by atoms with E-state index in [1.165, 1.54) is 25.7 Å². The Morgan fingerprint density at radius 1 is 1.21 bits per heavy atom. The molecule has 2 aliphatic rings. The average Bonchev–Trinajstić information content (AvgIpc) is 2.84. The summed E-state index contributed by atoms with van der Waals surface area (Å²) in [5.74, 6) is 4.36. The van der Waals surface area contributed by atoms with Crippen molar-refractivity contribution in [2.75, 3.05) is 0 Å². The molecule has 0 spiro atoms. The van der Waals surface area contributed by atoms with Gasteiger partial charge in [-0.15, -0.1) is 0 Å². The van der Waals surface area contributed by atoms with Crippen LogP contribution in [0.25, 0.3) is 0 Å². The molecular formula is C26H43NO2. The van der Waals surface area contributed by atoms with Gasteiger partial charge in [-0.25, -0.2) is 0 Å². The van der Waals surface area contributed by atoms with Gasteiger partial charge < -0.3 is 10.2 Å². The Kier molecular flexibility index (Phi) is 7.78.